The fraction of sp³-hybridized carbons (Fsp3) is 0.292. The van der Waals surface area contributed by atoms with Gasteiger partial charge in [-0.15, -0.1) is 0 Å². The maximum absolute atomic E-state index is 12.6. The number of aromatic nitrogens is 1. The molecule has 2 aromatic carbocycles. The van der Waals surface area contributed by atoms with Crippen molar-refractivity contribution in [3.8, 4) is 5.75 Å². The fourth-order valence-electron chi connectivity index (χ4n) is 3.94. The number of rotatable bonds is 9. The van der Waals surface area contributed by atoms with Crippen LogP contribution >= 0.6 is 0 Å². The van der Waals surface area contributed by atoms with Gasteiger partial charge in [0.2, 0.25) is 5.91 Å². The van der Waals surface area contributed by atoms with Gasteiger partial charge >= 0.3 is 6.03 Å². The Morgan fingerprint density at radius 2 is 1.91 bits per heavy atom. The SMILES string of the molecule is COc1cccc2c1ccn2CCNC(=O)CC[C@@H]1NC(=O)N(Cc2ccccc2)C1=O. The van der Waals surface area contributed by atoms with Crippen LogP contribution in [0.25, 0.3) is 10.9 Å². The molecule has 0 saturated carbocycles. The number of benzene rings is 2. The predicted molar refractivity (Wildman–Crippen MR) is 120 cm³/mol. The van der Waals surface area contributed by atoms with Crippen molar-refractivity contribution in [2.45, 2.75) is 32.0 Å². The number of nitrogens with one attached hydrogen (secondary N) is 2. The van der Waals surface area contributed by atoms with Crippen molar-refractivity contribution < 1.29 is 19.1 Å². The molecule has 3 aromatic rings. The highest BCUT2D eigenvalue weighted by Gasteiger charge is 2.37. The summed E-state index contributed by atoms with van der Waals surface area (Å²) < 4.78 is 7.43. The number of hydrogen-bond acceptors (Lipinski definition) is 4. The van der Waals surface area contributed by atoms with E-state index in [1.807, 2.05) is 60.8 Å². The molecule has 1 aliphatic rings. The molecule has 0 bridgehead atoms. The minimum atomic E-state index is -0.669. The molecule has 1 atom stereocenters. The van der Waals surface area contributed by atoms with Gasteiger partial charge in [0.05, 0.1) is 19.2 Å². The lowest BCUT2D eigenvalue weighted by Crippen LogP contribution is -2.33. The second-order valence-corrected chi connectivity index (χ2v) is 7.70. The van der Waals surface area contributed by atoms with Gasteiger partial charge < -0.3 is 19.9 Å². The Morgan fingerprint density at radius 1 is 1.09 bits per heavy atom. The number of nitrogens with zero attached hydrogens (tertiary/aromatic N) is 2. The summed E-state index contributed by atoms with van der Waals surface area (Å²) in [6.45, 7) is 1.31. The Bertz CT molecular complexity index is 1130. The summed E-state index contributed by atoms with van der Waals surface area (Å²) in [4.78, 5) is 38.2. The average molecular weight is 434 g/mol. The van der Waals surface area contributed by atoms with Crippen LogP contribution in [0, 0.1) is 0 Å². The van der Waals surface area contributed by atoms with Crippen LogP contribution in [0.2, 0.25) is 0 Å². The topological polar surface area (TPSA) is 92.7 Å². The number of fused-ring (bicyclic) bond motifs is 1. The number of urea groups is 1. The molecule has 1 aromatic heterocycles. The third-order valence-corrected chi connectivity index (χ3v) is 5.62. The van der Waals surface area contributed by atoms with Crippen molar-refractivity contribution in [1.29, 1.82) is 0 Å². The third kappa shape index (κ3) is 4.59. The van der Waals surface area contributed by atoms with Crippen LogP contribution in [0.5, 0.6) is 5.75 Å². The van der Waals surface area contributed by atoms with E-state index in [2.05, 4.69) is 15.2 Å². The van der Waals surface area contributed by atoms with Crippen LogP contribution in [0.15, 0.2) is 60.8 Å². The molecule has 8 nitrogen and oxygen atoms in total. The number of carbonyl (C=O) groups is 3. The van der Waals surface area contributed by atoms with Crippen LogP contribution in [-0.4, -0.2) is 47.0 Å². The number of hydrogen-bond donors (Lipinski definition) is 2. The Kier molecular flexibility index (Phi) is 6.39. The summed E-state index contributed by atoms with van der Waals surface area (Å²) >= 11 is 0. The van der Waals surface area contributed by atoms with Gasteiger partial charge in [-0.05, 0) is 30.2 Å². The van der Waals surface area contributed by atoms with Crippen LogP contribution in [0.3, 0.4) is 0 Å². The minimum Gasteiger partial charge on any atom is -0.496 e. The molecule has 1 fully saturated rings. The lowest BCUT2D eigenvalue weighted by atomic mass is 10.1. The largest absolute Gasteiger partial charge is 0.496 e. The molecule has 4 rings (SSSR count). The van der Waals surface area contributed by atoms with E-state index in [4.69, 9.17) is 4.74 Å². The summed E-state index contributed by atoms with van der Waals surface area (Å²) in [6, 6.07) is 16.1. The molecular formula is C24H26N4O4. The summed E-state index contributed by atoms with van der Waals surface area (Å²) in [5, 5.41) is 6.59. The van der Waals surface area contributed by atoms with Crippen molar-refractivity contribution in [2.75, 3.05) is 13.7 Å². The van der Waals surface area contributed by atoms with Gasteiger partial charge in [0, 0.05) is 31.1 Å². The van der Waals surface area contributed by atoms with E-state index < -0.39 is 12.1 Å². The molecule has 0 unspecified atom stereocenters. The van der Waals surface area contributed by atoms with Crippen LogP contribution in [0.1, 0.15) is 18.4 Å². The van der Waals surface area contributed by atoms with Gasteiger partial charge in [-0.1, -0.05) is 36.4 Å². The van der Waals surface area contributed by atoms with Gasteiger partial charge in [-0.2, -0.15) is 0 Å². The molecule has 2 heterocycles. The molecule has 0 radical (unpaired) electrons. The number of methoxy groups -OCH3 is 1. The molecule has 1 aliphatic heterocycles. The van der Waals surface area contributed by atoms with E-state index in [-0.39, 0.29) is 31.2 Å². The zero-order chi connectivity index (χ0) is 22.5. The summed E-state index contributed by atoms with van der Waals surface area (Å²) in [6.07, 6.45) is 2.40. The van der Waals surface area contributed by atoms with E-state index in [1.165, 1.54) is 4.90 Å². The van der Waals surface area contributed by atoms with Crippen LogP contribution < -0.4 is 15.4 Å². The van der Waals surface area contributed by atoms with Crippen molar-refractivity contribution >= 4 is 28.7 Å². The third-order valence-electron chi connectivity index (χ3n) is 5.62. The van der Waals surface area contributed by atoms with Crippen molar-refractivity contribution in [2.24, 2.45) is 0 Å². The second-order valence-electron chi connectivity index (χ2n) is 7.70. The molecule has 1 saturated heterocycles. The molecular weight excluding hydrogens is 408 g/mol. The van der Waals surface area contributed by atoms with Gasteiger partial charge in [0.1, 0.15) is 11.8 Å². The van der Waals surface area contributed by atoms with E-state index in [0.717, 1.165) is 22.2 Å². The van der Waals surface area contributed by atoms with Crippen LogP contribution in [-0.2, 0) is 22.7 Å². The average Bonchev–Trinajstić information content (AvgIpc) is 3.34. The van der Waals surface area contributed by atoms with Gasteiger partial charge in [0.25, 0.3) is 5.91 Å². The molecule has 4 amide bonds. The first-order valence-electron chi connectivity index (χ1n) is 10.6. The lowest BCUT2D eigenvalue weighted by Gasteiger charge is -2.13. The summed E-state index contributed by atoms with van der Waals surface area (Å²) in [5.41, 5.74) is 1.92. The molecule has 0 spiro atoms. The predicted octanol–water partition coefficient (Wildman–Crippen LogP) is 2.67. The number of imide groups is 1. The molecule has 32 heavy (non-hydrogen) atoms. The van der Waals surface area contributed by atoms with E-state index in [1.54, 1.807) is 7.11 Å². The highest BCUT2D eigenvalue weighted by Crippen LogP contribution is 2.26. The Hall–Kier alpha value is -3.81. The van der Waals surface area contributed by atoms with Crippen molar-refractivity contribution in [1.82, 2.24) is 20.1 Å². The maximum atomic E-state index is 12.6. The standard InChI is InChI=1S/C24H26N4O4/c1-32-21-9-5-8-20-18(21)12-14-27(20)15-13-25-22(29)11-10-19-23(30)28(24(31)26-19)16-17-6-3-2-4-7-17/h2-9,12,14,19H,10-11,13,15-16H2,1H3,(H,25,29)(H,26,31)/t19-/m0/s1. The minimum absolute atomic E-state index is 0.150. The number of ether oxygens (including phenoxy) is 1. The first-order chi connectivity index (χ1) is 15.6. The quantitative estimate of drug-likeness (QED) is 0.507. The molecule has 2 N–H and O–H groups in total. The zero-order valence-electron chi connectivity index (χ0n) is 17.9. The fourth-order valence-corrected chi connectivity index (χ4v) is 3.94. The first-order valence-corrected chi connectivity index (χ1v) is 10.6. The van der Waals surface area contributed by atoms with E-state index in [9.17, 15) is 14.4 Å². The molecule has 0 aliphatic carbocycles. The highest BCUT2D eigenvalue weighted by molar-refractivity contribution is 6.04. The molecule has 8 heteroatoms. The Morgan fingerprint density at radius 3 is 2.69 bits per heavy atom. The summed E-state index contributed by atoms with van der Waals surface area (Å²) in [7, 11) is 1.64. The first kappa shape index (κ1) is 21.4. The monoisotopic (exact) mass is 434 g/mol. The number of amides is 4. The van der Waals surface area contributed by atoms with Crippen molar-refractivity contribution in [3.05, 3.63) is 66.4 Å². The Labute approximate surface area is 186 Å². The van der Waals surface area contributed by atoms with Gasteiger partial charge in [-0.25, -0.2) is 4.79 Å². The van der Waals surface area contributed by atoms with Gasteiger partial charge in [-0.3, -0.25) is 14.5 Å². The Balaban J connectivity index is 1.24. The van der Waals surface area contributed by atoms with Crippen molar-refractivity contribution in [3.63, 3.8) is 0 Å². The second kappa shape index (κ2) is 9.55. The lowest BCUT2D eigenvalue weighted by molar-refractivity contribution is -0.128. The van der Waals surface area contributed by atoms with E-state index >= 15 is 0 Å². The maximum Gasteiger partial charge on any atom is 0.325 e. The normalized spacial score (nSPS) is 15.8. The van der Waals surface area contributed by atoms with E-state index in [0.29, 0.717) is 13.1 Å². The zero-order valence-corrected chi connectivity index (χ0v) is 17.9. The summed E-state index contributed by atoms with van der Waals surface area (Å²) in [5.74, 6) is 0.372. The number of carbonyl (C=O) groups excluding carboxylic acids is 3. The molecule has 166 valence electrons. The van der Waals surface area contributed by atoms with Gasteiger partial charge in [0.15, 0.2) is 0 Å². The highest BCUT2D eigenvalue weighted by atomic mass is 16.5. The van der Waals surface area contributed by atoms with Crippen LogP contribution in [0.4, 0.5) is 4.79 Å². The smallest absolute Gasteiger partial charge is 0.325 e.